The van der Waals surface area contributed by atoms with Gasteiger partial charge in [-0.3, -0.25) is 62.3 Å². The molecule has 0 aliphatic heterocycles. The molecule has 0 rings (SSSR count). The molecule has 30 heteroatoms. The maximum absolute atomic E-state index is 11.8. The van der Waals surface area contributed by atoms with Crippen molar-refractivity contribution in [3.05, 3.63) is 0 Å². The molecular formula is C117H236N4O26. The van der Waals surface area contributed by atoms with Gasteiger partial charge < -0.3 is 84.1 Å². The van der Waals surface area contributed by atoms with Gasteiger partial charge in [0.15, 0.2) is 18.4 Å². The van der Waals surface area contributed by atoms with Crippen molar-refractivity contribution < 1.29 is 124 Å². The first kappa shape index (κ1) is 166. The average molecular weight is 2120 g/mol. The van der Waals surface area contributed by atoms with Gasteiger partial charge in [-0.05, 0) is 295 Å². The summed E-state index contributed by atoms with van der Waals surface area (Å²) in [5.74, 6) is -0.931. The number of rotatable bonds is 31. The summed E-state index contributed by atoms with van der Waals surface area (Å²) >= 11 is 0. The number of hydrogen-bond acceptors (Lipinski definition) is 29. The minimum atomic E-state index is -0.795. The van der Waals surface area contributed by atoms with Gasteiger partial charge in [0.05, 0.1) is 75.7 Å². The fourth-order valence-electron chi connectivity index (χ4n) is 10.3. The van der Waals surface area contributed by atoms with Crippen LogP contribution in [0.2, 0.25) is 0 Å². The normalized spacial score (nSPS) is 12.9. The Bertz CT molecular complexity index is 3430. The van der Waals surface area contributed by atoms with Gasteiger partial charge in [-0.25, -0.2) is 0 Å². The second-order valence-corrected chi connectivity index (χ2v) is 54.5. The third-order valence-corrected chi connectivity index (χ3v) is 16.4. The lowest BCUT2D eigenvalue weighted by Crippen LogP contribution is -2.39. The molecule has 0 bridgehead atoms. The highest BCUT2D eigenvalue weighted by Crippen LogP contribution is 2.29. The first-order valence-corrected chi connectivity index (χ1v) is 52.9. The fourth-order valence-corrected chi connectivity index (χ4v) is 10.3. The lowest BCUT2D eigenvalue weighted by Gasteiger charge is -2.30. The van der Waals surface area contributed by atoms with Gasteiger partial charge in [-0.15, -0.1) is 0 Å². The van der Waals surface area contributed by atoms with Crippen molar-refractivity contribution in [1.82, 2.24) is 5.32 Å². The number of ketones is 5. The van der Waals surface area contributed by atoms with Crippen LogP contribution in [0.25, 0.3) is 0 Å². The van der Waals surface area contributed by atoms with Crippen LogP contribution in [0.3, 0.4) is 0 Å². The highest BCUT2D eigenvalue weighted by molar-refractivity contribution is 5.91. The minimum Gasteiger partial charge on any atom is -0.464 e. The van der Waals surface area contributed by atoms with E-state index in [1.807, 2.05) is 263 Å². The molecule has 3 atom stereocenters. The summed E-state index contributed by atoms with van der Waals surface area (Å²) in [5, 5.41) is 2.66. The molecule has 0 aromatic carbocycles. The van der Waals surface area contributed by atoms with Gasteiger partial charge in [0.25, 0.3) is 0 Å². The predicted molar refractivity (Wildman–Crippen MR) is 601 cm³/mol. The van der Waals surface area contributed by atoms with E-state index in [0.717, 1.165) is 6.42 Å². The molecule has 0 saturated heterocycles. The third kappa shape index (κ3) is 132. The maximum Gasteiger partial charge on any atom is 0.323 e. The summed E-state index contributed by atoms with van der Waals surface area (Å²) in [6, 6.07) is -2.11. The van der Waals surface area contributed by atoms with Crippen molar-refractivity contribution in [2.75, 3.05) is 19.9 Å². The highest BCUT2D eigenvalue weighted by atomic mass is 16.7. The molecule has 0 aromatic heterocycles. The van der Waals surface area contributed by atoms with E-state index in [4.69, 9.17) is 74.0 Å². The second kappa shape index (κ2) is 75.6. The zero-order chi connectivity index (χ0) is 121. The Morgan fingerprint density at radius 1 is 0.293 bits per heavy atom. The van der Waals surface area contributed by atoms with Crippen LogP contribution in [-0.4, -0.2) is 195 Å². The molecule has 30 nitrogen and oxygen atoms in total. The van der Waals surface area contributed by atoms with Gasteiger partial charge in [-0.2, -0.15) is 0 Å². The number of nitrogens with one attached hydrogen (secondary N) is 1. The van der Waals surface area contributed by atoms with Crippen LogP contribution < -0.4 is 22.5 Å². The molecule has 3 unspecified atom stereocenters. The number of nitrogens with two attached hydrogens (primary N) is 3. The fraction of sp³-hybridized carbons (Fsp3) is 0.889. The van der Waals surface area contributed by atoms with E-state index in [0.29, 0.717) is 49.4 Å². The predicted octanol–water partition coefficient (Wildman–Crippen LogP) is 25.7. The molecular weight excluding hydrogens is 1880 g/mol. The summed E-state index contributed by atoms with van der Waals surface area (Å²) in [4.78, 5) is 147. The topological polar surface area (TPSA) is 432 Å². The Kier molecular flexibility index (Phi) is 85.4. The number of ether oxygens (including phenoxy) is 13. The number of carbonyl (C=O) groups excluding carboxylic acids is 13. The molecule has 7 N–H and O–H groups in total. The summed E-state index contributed by atoms with van der Waals surface area (Å²) in [6.45, 7) is 125. The Hall–Kier alpha value is -6.09. The number of hydrogen-bond donors (Lipinski definition) is 4. The SMILES string of the molecule is CC(C)(C)C(=O)C(C)(C)C.CC(C)(C)C(=O)CCC(N)C(=O)C(C)(C)C.CC(C)(C)OC(=O)CCC(N)C(=O)OC(C)(C)C.CC(C)(C)OC(=O)CCC(N)C(=O)OC(C)(C)C.CC(C)(C)OC(C)(C)C.CC(C)(C)OCOC(C)(C)C.CC(C)C(=O)C(C)C.CC(C)C(=O)NCCOC(=O)C(C)C.CC(C)C(=O)OC(=O)C(C)(C)C.CC(C)CC(=O)C(C)C.CC(C)OC(C)OC(C)C.CC(OC(C)(C)C)OC(C)(C)C. The molecule has 0 aromatic rings. The van der Waals surface area contributed by atoms with E-state index >= 15 is 0 Å². The maximum atomic E-state index is 11.8. The van der Waals surface area contributed by atoms with Crippen molar-refractivity contribution in [3.63, 3.8) is 0 Å². The van der Waals surface area contributed by atoms with Crippen LogP contribution in [0.5, 0.6) is 0 Å². The van der Waals surface area contributed by atoms with E-state index in [1.54, 1.807) is 132 Å². The zero-order valence-corrected chi connectivity index (χ0v) is 107. The third-order valence-electron chi connectivity index (χ3n) is 16.4. The van der Waals surface area contributed by atoms with E-state index in [9.17, 15) is 62.3 Å². The van der Waals surface area contributed by atoms with Crippen LogP contribution in [0, 0.1) is 68.5 Å². The molecule has 0 aliphatic rings. The molecule has 0 fully saturated rings. The van der Waals surface area contributed by atoms with Crippen LogP contribution in [0.4, 0.5) is 0 Å². The van der Waals surface area contributed by atoms with Crippen LogP contribution in [-0.2, 0) is 124 Å². The molecule has 0 saturated carbocycles. The molecule has 1 amide bonds. The average Bonchev–Trinajstić information content (AvgIpc) is 0.846. The summed E-state index contributed by atoms with van der Waals surface area (Å²) in [7, 11) is 0. The first-order chi connectivity index (χ1) is 64.2. The van der Waals surface area contributed by atoms with E-state index in [1.165, 1.54) is 0 Å². The monoisotopic (exact) mass is 2110 g/mol. The van der Waals surface area contributed by atoms with Gasteiger partial charge in [0.1, 0.15) is 71.0 Å². The van der Waals surface area contributed by atoms with E-state index in [2.05, 4.69) is 65.4 Å². The Morgan fingerprint density at radius 3 is 0.789 bits per heavy atom. The quantitative estimate of drug-likeness (QED) is 0.0165. The number of Topliss-reactive ketones (excluding diaryl/α,β-unsaturated/α-hetero) is 5. The van der Waals surface area contributed by atoms with E-state index in [-0.39, 0.29) is 178 Å². The van der Waals surface area contributed by atoms with Crippen molar-refractivity contribution in [2.24, 2.45) is 85.7 Å². The smallest absolute Gasteiger partial charge is 0.323 e. The molecule has 0 radical (unpaired) electrons. The lowest BCUT2D eigenvalue weighted by atomic mass is 9.76. The Labute approximate surface area is 900 Å². The van der Waals surface area contributed by atoms with Gasteiger partial charge in [0.2, 0.25) is 5.91 Å². The summed E-state index contributed by atoms with van der Waals surface area (Å²) in [5.41, 5.74) is 12.6. The minimum absolute atomic E-state index is 0.0156. The van der Waals surface area contributed by atoms with Gasteiger partial charge >= 0.3 is 41.8 Å². The Morgan fingerprint density at radius 2 is 0.599 bits per heavy atom. The van der Waals surface area contributed by atoms with Crippen LogP contribution >= 0.6 is 0 Å². The number of carbonyl (C=O) groups is 13. The standard InChI is InChI=1S/2C13H25NO4.C13H25NO2.C10H19NO3.C10H22O2.C9H16O3.C9H20O2.C9H18O.C8H18O2.C8H18O.C8H16O.C7H14O/c2*1-12(2,3)17-10(15)8-7-9(14)11(16)18-13(4,5)6;1-12(2,3)10(15)8-7-9(14)11(16)13(4,5)6;1-7(2)9(12)11-5-6-14-10(13)8(3)4;1-8(11-9(2,3)4)12-10(5,6)7;1-6(2)7(10)12-8(11)9(3,4)5;1-8(2,3)10-7-11-9(4,5)6;1-8(2,3)7(10)9(4,5)6;1-6(2)9-8(5)10-7(3)4;1-7(2,3)9-8(4,5)6;1-6(2)5-8(9)7(3)4;1-5(2)7(8)6(3)4/h2*9H,7-8,14H2,1-6H3;9H,7-8,14H2,1-6H3;7-8H,5-6H2,1-4H3,(H,11,12);8H,1-7H3;6H,1-5H3;7H2,1-6H3;1-6H3;6-8H,1-5H3;1-6H3;6-7H,5H2,1-4H3;5-6H,1-4H3. The van der Waals surface area contributed by atoms with Crippen molar-refractivity contribution in [2.45, 2.75) is 594 Å². The van der Waals surface area contributed by atoms with Crippen molar-refractivity contribution in [1.29, 1.82) is 0 Å². The van der Waals surface area contributed by atoms with Crippen molar-refractivity contribution >= 4 is 76.6 Å². The molecule has 147 heavy (non-hydrogen) atoms. The zero-order valence-electron chi connectivity index (χ0n) is 107. The summed E-state index contributed by atoms with van der Waals surface area (Å²) < 4.78 is 68.2. The Balaban J connectivity index is -0.000000136. The lowest BCUT2D eigenvalue weighted by molar-refractivity contribution is -0.224. The van der Waals surface area contributed by atoms with E-state index < -0.39 is 75.2 Å². The first-order valence-electron chi connectivity index (χ1n) is 52.9. The molecule has 0 heterocycles. The largest absolute Gasteiger partial charge is 0.464 e. The highest BCUT2D eigenvalue weighted by Gasteiger charge is 2.35. The number of esters is 7. The molecule has 0 spiro atoms. The van der Waals surface area contributed by atoms with Crippen LogP contribution in [0.15, 0.2) is 0 Å². The number of amides is 1. The second-order valence-electron chi connectivity index (χ2n) is 54.5. The van der Waals surface area contributed by atoms with Gasteiger partial charge in [0, 0.05) is 71.0 Å². The molecule has 880 valence electrons. The van der Waals surface area contributed by atoms with Crippen LogP contribution in [0.1, 0.15) is 495 Å². The van der Waals surface area contributed by atoms with Gasteiger partial charge in [-0.1, -0.05) is 180 Å². The summed E-state index contributed by atoms with van der Waals surface area (Å²) in [6.07, 6.45) is 2.49. The molecule has 0 aliphatic carbocycles. The van der Waals surface area contributed by atoms with Crippen molar-refractivity contribution in [3.8, 4) is 0 Å².